The first kappa shape index (κ1) is 14.0. The second-order valence-electron chi connectivity index (χ2n) is 4.84. The van der Waals surface area contributed by atoms with E-state index >= 15 is 0 Å². The number of thiophene rings is 1. The van der Waals surface area contributed by atoms with E-state index in [1.54, 1.807) is 6.07 Å². The summed E-state index contributed by atoms with van der Waals surface area (Å²) in [6.07, 6.45) is 2.03. The molecular formula is C12H20N2O2S2. The third kappa shape index (κ3) is 3.54. The summed E-state index contributed by atoms with van der Waals surface area (Å²) in [5.74, 6) is 0.477. The van der Waals surface area contributed by atoms with Gasteiger partial charge in [-0.25, -0.2) is 13.1 Å². The fraction of sp³-hybridized carbons (Fsp3) is 0.667. The van der Waals surface area contributed by atoms with Crippen LogP contribution in [0, 0.1) is 5.92 Å². The fourth-order valence-electron chi connectivity index (χ4n) is 1.73. The highest BCUT2D eigenvalue weighted by Crippen LogP contribution is 2.31. The van der Waals surface area contributed by atoms with Crippen molar-refractivity contribution in [2.24, 2.45) is 5.92 Å². The van der Waals surface area contributed by atoms with Crippen LogP contribution in [0.5, 0.6) is 0 Å². The molecule has 2 atom stereocenters. The molecule has 1 heterocycles. The van der Waals surface area contributed by atoms with E-state index in [9.17, 15) is 8.42 Å². The summed E-state index contributed by atoms with van der Waals surface area (Å²) in [6.45, 7) is 5.87. The van der Waals surface area contributed by atoms with Crippen molar-refractivity contribution in [3.63, 3.8) is 0 Å². The standard InChI is InChI=1S/C12H20N2O2S2/c1-3-6-13-8-10-4-5-12(17-10)18(15,16)14-11-7-9(11)2/h4-5,9,11,13-14H,3,6-8H2,1-2H3. The summed E-state index contributed by atoms with van der Waals surface area (Å²) >= 11 is 1.35. The summed E-state index contributed by atoms with van der Waals surface area (Å²) in [4.78, 5) is 1.06. The lowest BCUT2D eigenvalue weighted by Gasteiger charge is -2.02. The second-order valence-corrected chi connectivity index (χ2v) is 7.95. The van der Waals surface area contributed by atoms with Gasteiger partial charge in [-0.15, -0.1) is 11.3 Å². The molecule has 0 radical (unpaired) electrons. The van der Waals surface area contributed by atoms with Gasteiger partial charge in [0, 0.05) is 17.5 Å². The molecule has 0 aliphatic heterocycles. The van der Waals surface area contributed by atoms with Gasteiger partial charge in [0.25, 0.3) is 0 Å². The summed E-state index contributed by atoms with van der Waals surface area (Å²) in [7, 11) is -3.30. The molecule has 18 heavy (non-hydrogen) atoms. The zero-order valence-corrected chi connectivity index (χ0v) is 12.4. The number of rotatable bonds is 7. The van der Waals surface area contributed by atoms with Crippen LogP contribution in [0.25, 0.3) is 0 Å². The zero-order valence-electron chi connectivity index (χ0n) is 10.8. The van der Waals surface area contributed by atoms with E-state index in [1.807, 2.05) is 6.07 Å². The molecule has 0 bridgehead atoms. The molecule has 1 aliphatic carbocycles. The van der Waals surface area contributed by atoms with Crippen molar-refractivity contribution in [2.45, 2.75) is 43.5 Å². The average Bonchev–Trinajstić information content (AvgIpc) is 2.82. The monoisotopic (exact) mass is 288 g/mol. The first-order valence-electron chi connectivity index (χ1n) is 6.34. The van der Waals surface area contributed by atoms with E-state index in [0.717, 1.165) is 30.8 Å². The van der Waals surface area contributed by atoms with Crippen LogP contribution in [0.15, 0.2) is 16.3 Å². The van der Waals surface area contributed by atoms with Gasteiger partial charge in [0.15, 0.2) is 0 Å². The molecular weight excluding hydrogens is 268 g/mol. The zero-order chi connectivity index (χ0) is 13.2. The normalized spacial score (nSPS) is 23.2. The first-order valence-corrected chi connectivity index (χ1v) is 8.64. The highest BCUT2D eigenvalue weighted by Gasteiger charge is 2.36. The Kier molecular flexibility index (Phi) is 4.42. The number of hydrogen-bond acceptors (Lipinski definition) is 4. The van der Waals surface area contributed by atoms with Crippen molar-refractivity contribution in [1.29, 1.82) is 0 Å². The SMILES string of the molecule is CCCNCc1ccc(S(=O)(=O)NC2CC2C)s1. The predicted molar refractivity (Wildman–Crippen MR) is 74.2 cm³/mol. The van der Waals surface area contributed by atoms with Crippen molar-refractivity contribution in [3.8, 4) is 0 Å². The van der Waals surface area contributed by atoms with Gasteiger partial charge in [-0.3, -0.25) is 0 Å². The number of nitrogens with one attached hydrogen (secondary N) is 2. The van der Waals surface area contributed by atoms with E-state index < -0.39 is 10.0 Å². The topological polar surface area (TPSA) is 58.2 Å². The average molecular weight is 288 g/mol. The van der Waals surface area contributed by atoms with E-state index in [-0.39, 0.29) is 6.04 Å². The maximum Gasteiger partial charge on any atom is 0.250 e. The molecule has 1 aliphatic rings. The van der Waals surface area contributed by atoms with Crippen molar-refractivity contribution >= 4 is 21.4 Å². The lowest BCUT2D eigenvalue weighted by molar-refractivity contribution is 0.580. The van der Waals surface area contributed by atoms with Gasteiger partial charge in [-0.2, -0.15) is 0 Å². The Morgan fingerprint density at radius 3 is 2.78 bits per heavy atom. The van der Waals surface area contributed by atoms with E-state index in [2.05, 4.69) is 23.9 Å². The minimum atomic E-state index is -3.30. The quantitative estimate of drug-likeness (QED) is 0.754. The molecule has 0 spiro atoms. The van der Waals surface area contributed by atoms with Crippen LogP contribution in [0.4, 0.5) is 0 Å². The van der Waals surface area contributed by atoms with Gasteiger partial charge in [0.1, 0.15) is 4.21 Å². The fourth-order valence-corrected chi connectivity index (χ4v) is 4.43. The molecule has 1 aromatic rings. The van der Waals surface area contributed by atoms with Gasteiger partial charge in [-0.1, -0.05) is 13.8 Å². The Hall–Kier alpha value is -0.430. The molecule has 0 amide bonds. The molecule has 0 saturated heterocycles. The van der Waals surface area contributed by atoms with E-state index in [4.69, 9.17) is 0 Å². The van der Waals surface area contributed by atoms with Gasteiger partial charge in [-0.05, 0) is 37.4 Å². The summed E-state index contributed by atoms with van der Waals surface area (Å²) < 4.78 is 27.3. The molecule has 2 rings (SSSR count). The van der Waals surface area contributed by atoms with Crippen molar-refractivity contribution < 1.29 is 8.42 Å². The van der Waals surface area contributed by atoms with Crippen molar-refractivity contribution in [1.82, 2.24) is 10.0 Å². The third-order valence-electron chi connectivity index (χ3n) is 3.04. The molecule has 2 N–H and O–H groups in total. The van der Waals surface area contributed by atoms with E-state index in [0.29, 0.717) is 10.1 Å². The van der Waals surface area contributed by atoms with Crippen LogP contribution < -0.4 is 10.0 Å². The molecule has 2 unspecified atom stereocenters. The lowest BCUT2D eigenvalue weighted by Crippen LogP contribution is -2.26. The number of sulfonamides is 1. The van der Waals surface area contributed by atoms with Crippen LogP contribution in [0.1, 0.15) is 31.6 Å². The maximum absolute atomic E-state index is 12.1. The summed E-state index contributed by atoms with van der Waals surface area (Å²) in [6, 6.07) is 3.72. The smallest absolute Gasteiger partial charge is 0.250 e. The molecule has 102 valence electrons. The molecule has 1 aromatic heterocycles. The van der Waals surface area contributed by atoms with Gasteiger partial charge >= 0.3 is 0 Å². The Labute approximate surface area is 113 Å². The molecule has 0 aromatic carbocycles. The Balaban J connectivity index is 1.95. The van der Waals surface area contributed by atoms with Crippen molar-refractivity contribution in [2.75, 3.05) is 6.54 Å². The van der Waals surface area contributed by atoms with Crippen LogP contribution in [0.2, 0.25) is 0 Å². The number of hydrogen-bond donors (Lipinski definition) is 2. The Morgan fingerprint density at radius 2 is 2.17 bits per heavy atom. The third-order valence-corrected chi connectivity index (χ3v) is 6.11. The first-order chi connectivity index (χ1) is 8.53. The largest absolute Gasteiger partial charge is 0.312 e. The Bertz CT molecular complexity index is 496. The molecule has 6 heteroatoms. The van der Waals surface area contributed by atoms with Gasteiger partial charge in [0.2, 0.25) is 10.0 Å². The van der Waals surface area contributed by atoms with Gasteiger partial charge < -0.3 is 5.32 Å². The highest BCUT2D eigenvalue weighted by molar-refractivity contribution is 7.91. The van der Waals surface area contributed by atoms with Crippen LogP contribution in [-0.2, 0) is 16.6 Å². The lowest BCUT2D eigenvalue weighted by atomic mass is 10.4. The minimum absolute atomic E-state index is 0.138. The molecule has 1 saturated carbocycles. The maximum atomic E-state index is 12.1. The van der Waals surface area contributed by atoms with E-state index in [1.165, 1.54) is 11.3 Å². The Morgan fingerprint density at radius 1 is 1.44 bits per heavy atom. The minimum Gasteiger partial charge on any atom is -0.312 e. The molecule has 4 nitrogen and oxygen atoms in total. The van der Waals surface area contributed by atoms with Crippen LogP contribution in [-0.4, -0.2) is 21.0 Å². The summed E-state index contributed by atoms with van der Waals surface area (Å²) in [5.41, 5.74) is 0. The summed E-state index contributed by atoms with van der Waals surface area (Å²) in [5, 5.41) is 3.27. The van der Waals surface area contributed by atoms with Crippen LogP contribution >= 0.6 is 11.3 Å². The van der Waals surface area contributed by atoms with Crippen molar-refractivity contribution in [3.05, 3.63) is 17.0 Å². The second kappa shape index (κ2) is 5.69. The molecule has 1 fully saturated rings. The highest BCUT2D eigenvalue weighted by atomic mass is 32.2. The van der Waals surface area contributed by atoms with Gasteiger partial charge in [0.05, 0.1) is 0 Å². The van der Waals surface area contributed by atoms with Crippen LogP contribution in [0.3, 0.4) is 0 Å². The predicted octanol–water partition coefficient (Wildman–Crippen LogP) is 1.93.